The minimum absolute atomic E-state index is 0.0366. The number of piperazine rings is 1. The van der Waals surface area contributed by atoms with Crippen LogP contribution in [0, 0.1) is 0 Å². The number of carbonyl (C=O) groups excluding carboxylic acids is 1. The Morgan fingerprint density at radius 2 is 1.64 bits per heavy atom. The normalized spacial score (nSPS) is 20.7. The van der Waals surface area contributed by atoms with Gasteiger partial charge in [-0.05, 0) is 41.5 Å². The summed E-state index contributed by atoms with van der Waals surface area (Å²) in [6.45, 7) is 16.6. The summed E-state index contributed by atoms with van der Waals surface area (Å²) < 4.78 is 5.32. The number of ether oxygens (including phenoxy) is 1. The summed E-state index contributed by atoms with van der Waals surface area (Å²) in [7, 11) is 0. The second-order valence-electron chi connectivity index (χ2n) is 7.40. The number of hydrogen-bond acceptors (Lipinski definition) is 5. The van der Waals surface area contributed by atoms with Crippen LogP contribution in [0.1, 0.15) is 41.5 Å². The predicted octanol–water partition coefficient (Wildman–Crippen LogP) is 1.25. The maximum absolute atomic E-state index is 11.9. The van der Waals surface area contributed by atoms with Crippen LogP contribution >= 0.6 is 0 Å². The molecule has 1 aliphatic rings. The molecular weight excluding hydrogens is 280 g/mol. The topological polar surface area (TPSA) is 70.8 Å². The van der Waals surface area contributed by atoms with Crippen molar-refractivity contribution in [1.29, 1.82) is 0 Å². The van der Waals surface area contributed by atoms with E-state index < -0.39 is 5.60 Å². The Morgan fingerprint density at radius 3 is 2.05 bits per heavy atom. The van der Waals surface area contributed by atoms with E-state index in [1.807, 2.05) is 27.7 Å². The highest BCUT2D eigenvalue weighted by atomic mass is 16.6. The SMILES string of the molecule is CC(NC(=O)OC(C)(C)C)C(CN)N1CCN(C(C)C)CC1. The summed E-state index contributed by atoms with van der Waals surface area (Å²) in [6.07, 6.45) is -0.376. The van der Waals surface area contributed by atoms with Crippen molar-refractivity contribution in [2.75, 3.05) is 32.7 Å². The van der Waals surface area contributed by atoms with Gasteiger partial charge in [-0.2, -0.15) is 0 Å². The van der Waals surface area contributed by atoms with Gasteiger partial charge in [-0.25, -0.2) is 4.79 Å². The maximum atomic E-state index is 11.9. The highest BCUT2D eigenvalue weighted by Gasteiger charge is 2.29. The molecule has 6 heteroatoms. The van der Waals surface area contributed by atoms with Crippen LogP contribution in [-0.4, -0.2) is 72.3 Å². The van der Waals surface area contributed by atoms with Crippen LogP contribution in [0.15, 0.2) is 0 Å². The second kappa shape index (κ2) is 8.13. The van der Waals surface area contributed by atoms with Gasteiger partial charge >= 0.3 is 6.09 Å². The molecule has 1 rings (SSSR count). The lowest BCUT2D eigenvalue weighted by Gasteiger charge is -2.42. The van der Waals surface area contributed by atoms with Crippen molar-refractivity contribution >= 4 is 6.09 Å². The smallest absolute Gasteiger partial charge is 0.407 e. The fourth-order valence-corrected chi connectivity index (χ4v) is 2.84. The number of nitrogens with two attached hydrogens (primary N) is 1. The van der Waals surface area contributed by atoms with Crippen LogP contribution in [0.5, 0.6) is 0 Å². The highest BCUT2D eigenvalue weighted by Crippen LogP contribution is 2.12. The molecule has 1 heterocycles. The number of alkyl carbamates (subject to hydrolysis) is 1. The number of hydrogen-bond donors (Lipinski definition) is 2. The number of carbonyl (C=O) groups is 1. The zero-order chi connectivity index (χ0) is 16.9. The Balaban J connectivity index is 2.51. The molecule has 0 aliphatic carbocycles. The van der Waals surface area contributed by atoms with Crippen LogP contribution in [0.2, 0.25) is 0 Å². The molecule has 2 unspecified atom stereocenters. The van der Waals surface area contributed by atoms with Crippen LogP contribution in [0.4, 0.5) is 4.79 Å². The second-order valence-corrected chi connectivity index (χ2v) is 7.40. The van der Waals surface area contributed by atoms with E-state index in [-0.39, 0.29) is 18.2 Å². The Morgan fingerprint density at radius 1 is 1.14 bits per heavy atom. The number of rotatable bonds is 5. The Kier molecular flexibility index (Phi) is 7.09. The molecule has 130 valence electrons. The van der Waals surface area contributed by atoms with Gasteiger partial charge in [0.2, 0.25) is 0 Å². The molecule has 3 N–H and O–H groups in total. The fraction of sp³-hybridized carbons (Fsp3) is 0.938. The van der Waals surface area contributed by atoms with E-state index in [1.165, 1.54) is 0 Å². The molecular formula is C16H34N4O2. The summed E-state index contributed by atoms with van der Waals surface area (Å²) in [6, 6.07) is 0.683. The third kappa shape index (κ3) is 6.10. The van der Waals surface area contributed by atoms with E-state index >= 15 is 0 Å². The predicted molar refractivity (Wildman–Crippen MR) is 90.0 cm³/mol. The third-order valence-electron chi connectivity index (χ3n) is 4.11. The van der Waals surface area contributed by atoms with Gasteiger partial charge in [-0.15, -0.1) is 0 Å². The molecule has 0 bridgehead atoms. The molecule has 0 saturated carbocycles. The quantitative estimate of drug-likeness (QED) is 0.799. The molecule has 1 fully saturated rings. The molecule has 6 nitrogen and oxygen atoms in total. The summed E-state index contributed by atoms with van der Waals surface area (Å²) in [5, 5.41) is 2.92. The van der Waals surface area contributed by atoms with Gasteiger partial charge in [0.1, 0.15) is 5.60 Å². The summed E-state index contributed by atoms with van der Waals surface area (Å²) >= 11 is 0. The van der Waals surface area contributed by atoms with Crippen LogP contribution in [0.25, 0.3) is 0 Å². The number of nitrogens with zero attached hydrogens (tertiary/aromatic N) is 2. The maximum Gasteiger partial charge on any atom is 0.407 e. The molecule has 1 amide bonds. The lowest BCUT2D eigenvalue weighted by molar-refractivity contribution is 0.0409. The molecule has 2 atom stereocenters. The molecule has 1 aliphatic heterocycles. The van der Waals surface area contributed by atoms with Crippen molar-refractivity contribution in [2.24, 2.45) is 5.73 Å². The fourth-order valence-electron chi connectivity index (χ4n) is 2.84. The summed E-state index contributed by atoms with van der Waals surface area (Å²) in [5.41, 5.74) is 5.47. The molecule has 0 radical (unpaired) electrons. The number of nitrogens with one attached hydrogen (secondary N) is 1. The number of amides is 1. The molecule has 0 aromatic rings. The zero-order valence-corrected chi connectivity index (χ0v) is 15.1. The van der Waals surface area contributed by atoms with Crippen molar-refractivity contribution in [1.82, 2.24) is 15.1 Å². The van der Waals surface area contributed by atoms with Crippen molar-refractivity contribution < 1.29 is 9.53 Å². The van der Waals surface area contributed by atoms with Crippen molar-refractivity contribution in [3.63, 3.8) is 0 Å². The minimum Gasteiger partial charge on any atom is -0.444 e. The lowest BCUT2D eigenvalue weighted by atomic mass is 10.1. The van der Waals surface area contributed by atoms with E-state index in [0.29, 0.717) is 12.6 Å². The Bertz CT molecular complexity index is 347. The Labute approximate surface area is 135 Å². The standard InChI is InChI=1S/C16H34N4O2/c1-12(2)19-7-9-20(10-8-19)14(11-17)13(3)18-15(21)22-16(4,5)6/h12-14H,7-11,17H2,1-6H3,(H,18,21). The first-order chi connectivity index (χ1) is 10.1. The van der Waals surface area contributed by atoms with Crippen LogP contribution < -0.4 is 11.1 Å². The van der Waals surface area contributed by atoms with Gasteiger partial charge in [0, 0.05) is 50.8 Å². The molecule has 0 aromatic carbocycles. The molecule has 22 heavy (non-hydrogen) atoms. The van der Waals surface area contributed by atoms with Gasteiger partial charge in [0.25, 0.3) is 0 Å². The molecule has 0 spiro atoms. The van der Waals surface area contributed by atoms with Gasteiger partial charge in [0.05, 0.1) is 0 Å². The van der Waals surface area contributed by atoms with E-state index in [0.717, 1.165) is 26.2 Å². The first-order valence-electron chi connectivity index (χ1n) is 8.31. The van der Waals surface area contributed by atoms with Crippen molar-refractivity contribution in [3.05, 3.63) is 0 Å². The first-order valence-corrected chi connectivity index (χ1v) is 8.31. The average molecular weight is 314 g/mol. The Hall–Kier alpha value is -0.850. The third-order valence-corrected chi connectivity index (χ3v) is 4.11. The zero-order valence-electron chi connectivity index (χ0n) is 15.1. The van der Waals surface area contributed by atoms with E-state index in [4.69, 9.17) is 10.5 Å². The monoisotopic (exact) mass is 314 g/mol. The van der Waals surface area contributed by atoms with Gasteiger partial charge in [0.15, 0.2) is 0 Å². The summed E-state index contributed by atoms with van der Waals surface area (Å²) in [4.78, 5) is 16.8. The first kappa shape index (κ1) is 19.2. The van der Waals surface area contributed by atoms with Crippen molar-refractivity contribution in [3.8, 4) is 0 Å². The van der Waals surface area contributed by atoms with Gasteiger partial charge in [-0.1, -0.05) is 0 Å². The van der Waals surface area contributed by atoms with Crippen molar-refractivity contribution in [2.45, 2.75) is 65.3 Å². The molecule has 1 saturated heterocycles. The minimum atomic E-state index is -0.481. The average Bonchev–Trinajstić information content (AvgIpc) is 2.37. The highest BCUT2D eigenvalue weighted by molar-refractivity contribution is 5.68. The van der Waals surface area contributed by atoms with Crippen LogP contribution in [-0.2, 0) is 4.74 Å². The van der Waals surface area contributed by atoms with Gasteiger partial charge < -0.3 is 15.8 Å². The van der Waals surface area contributed by atoms with Gasteiger partial charge in [-0.3, -0.25) is 9.80 Å². The van der Waals surface area contributed by atoms with E-state index in [2.05, 4.69) is 29.0 Å². The largest absolute Gasteiger partial charge is 0.444 e. The van der Waals surface area contributed by atoms with Crippen LogP contribution in [0.3, 0.4) is 0 Å². The lowest BCUT2D eigenvalue weighted by Crippen LogP contribution is -2.59. The molecule has 0 aromatic heterocycles. The van der Waals surface area contributed by atoms with E-state index in [9.17, 15) is 4.79 Å². The van der Waals surface area contributed by atoms with E-state index in [1.54, 1.807) is 0 Å². The summed E-state index contributed by atoms with van der Waals surface area (Å²) in [5.74, 6) is 0.